The molecule has 170 valence electrons. The molecule has 0 radical (unpaired) electrons. The maximum Gasteiger partial charge on any atom is 0.179 e. The van der Waals surface area contributed by atoms with Crippen molar-refractivity contribution in [3.8, 4) is 11.5 Å². The lowest BCUT2D eigenvalue weighted by molar-refractivity contribution is 0.173. The normalized spacial score (nSPS) is 15.9. The minimum atomic E-state index is 0.607. The Labute approximate surface area is 189 Å². The summed E-state index contributed by atoms with van der Waals surface area (Å²) in [6.45, 7) is 10.5. The number of fused-ring (bicyclic) bond motifs is 1. The van der Waals surface area contributed by atoms with Crippen LogP contribution in [0.25, 0.3) is 12.2 Å². The average Bonchev–Trinajstić information content (AvgIpc) is 3.11. The number of allylic oxidation sites excluding steroid dienone is 2. The van der Waals surface area contributed by atoms with Crippen LogP contribution in [0.1, 0.15) is 108 Å². The van der Waals surface area contributed by atoms with E-state index in [0.717, 1.165) is 11.5 Å². The first kappa shape index (κ1) is 25.0. The second kappa shape index (κ2) is 14.7. The van der Waals surface area contributed by atoms with Crippen LogP contribution in [0.3, 0.4) is 0 Å². The lowest BCUT2D eigenvalue weighted by Gasteiger charge is -2.16. The van der Waals surface area contributed by atoms with Gasteiger partial charge in [0.2, 0.25) is 0 Å². The van der Waals surface area contributed by atoms with Crippen LogP contribution in [-0.4, -0.2) is 13.2 Å². The molecule has 2 heterocycles. The van der Waals surface area contributed by atoms with Crippen molar-refractivity contribution in [2.75, 3.05) is 13.2 Å². The first-order valence-corrected chi connectivity index (χ1v) is 13.3. The summed E-state index contributed by atoms with van der Waals surface area (Å²) >= 11 is 1.80. The summed E-state index contributed by atoms with van der Waals surface area (Å²) < 4.78 is 12.0. The molecule has 0 fully saturated rings. The van der Waals surface area contributed by atoms with E-state index in [1.54, 1.807) is 11.3 Å². The molecule has 0 aromatic carbocycles. The molecule has 1 aliphatic heterocycles. The van der Waals surface area contributed by atoms with Gasteiger partial charge in [0.1, 0.15) is 13.2 Å². The molecule has 1 aliphatic rings. The molecule has 2 rings (SSSR count). The summed E-state index contributed by atoms with van der Waals surface area (Å²) in [4.78, 5) is 2.41. The van der Waals surface area contributed by atoms with Crippen molar-refractivity contribution in [3.05, 3.63) is 21.9 Å². The van der Waals surface area contributed by atoms with Gasteiger partial charge in [0.25, 0.3) is 0 Å². The highest BCUT2D eigenvalue weighted by Crippen LogP contribution is 2.45. The van der Waals surface area contributed by atoms with E-state index in [1.807, 2.05) is 0 Å². The molecule has 2 nitrogen and oxygen atoms in total. The highest BCUT2D eigenvalue weighted by atomic mass is 32.1. The zero-order valence-electron chi connectivity index (χ0n) is 19.9. The fourth-order valence-electron chi connectivity index (χ4n) is 3.87. The molecule has 0 spiro atoms. The summed E-state index contributed by atoms with van der Waals surface area (Å²) in [5.41, 5.74) is 0. The number of unbranched alkanes of at least 4 members (excludes halogenated alkanes) is 7. The van der Waals surface area contributed by atoms with Crippen LogP contribution in [0.2, 0.25) is 0 Å². The van der Waals surface area contributed by atoms with E-state index >= 15 is 0 Å². The van der Waals surface area contributed by atoms with Crippen molar-refractivity contribution in [2.45, 2.75) is 98.3 Å². The van der Waals surface area contributed by atoms with Crippen LogP contribution < -0.4 is 9.47 Å². The Kier molecular flexibility index (Phi) is 12.3. The second-order valence-corrected chi connectivity index (χ2v) is 9.99. The first-order valence-electron chi connectivity index (χ1n) is 12.4. The van der Waals surface area contributed by atoms with Crippen LogP contribution in [0.4, 0.5) is 0 Å². The predicted molar refractivity (Wildman–Crippen MR) is 134 cm³/mol. The summed E-state index contributed by atoms with van der Waals surface area (Å²) in [5.74, 6) is 3.12. The van der Waals surface area contributed by atoms with Crippen LogP contribution in [0, 0.1) is 11.8 Å². The molecule has 1 aromatic heterocycles. The molecule has 2 atom stereocenters. The van der Waals surface area contributed by atoms with Crippen molar-refractivity contribution in [1.82, 2.24) is 0 Å². The molecule has 0 saturated carbocycles. The Bertz CT molecular complexity index is 644. The molecule has 0 amide bonds. The number of thiophene rings is 1. The predicted octanol–water partition coefficient (Wildman–Crippen LogP) is 9.15. The molecule has 30 heavy (non-hydrogen) atoms. The highest BCUT2D eigenvalue weighted by Gasteiger charge is 2.22. The topological polar surface area (TPSA) is 18.5 Å². The van der Waals surface area contributed by atoms with Gasteiger partial charge in [-0.1, -0.05) is 97.6 Å². The molecule has 0 aliphatic carbocycles. The maximum absolute atomic E-state index is 5.99. The van der Waals surface area contributed by atoms with Gasteiger partial charge in [-0.05, 0) is 36.8 Å². The zero-order valence-corrected chi connectivity index (χ0v) is 20.7. The quantitative estimate of drug-likeness (QED) is 0.257. The van der Waals surface area contributed by atoms with Gasteiger partial charge in [-0.15, -0.1) is 11.3 Å². The molecule has 2 unspecified atom stereocenters. The summed E-state index contributed by atoms with van der Waals surface area (Å²) in [5, 5.41) is 0. The number of hydrogen-bond acceptors (Lipinski definition) is 3. The first-order chi connectivity index (χ1) is 14.7. The number of ether oxygens (including phenoxy) is 2. The monoisotopic (exact) mass is 432 g/mol. The van der Waals surface area contributed by atoms with Crippen LogP contribution >= 0.6 is 11.3 Å². The second-order valence-electron chi connectivity index (χ2n) is 8.91. The van der Waals surface area contributed by atoms with Gasteiger partial charge in [0, 0.05) is 0 Å². The van der Waals surface area contributed by atoms with Crippen LogP contribution in [-0.2, 0) is 0 Å². The van der Waals surface area contributed by atoms with Gasteiger partial charge >= 0.3 is 0 Å². The van der Waals surface area contributed by atoms with Crippen molar-refractivity contribution < 1.29 is 9.47 Å². The zero-order chi connectivity index (χ0) is 21.6. The summed E-state index contributed by atoms with van der Waals surface area (Å²) in [6, 6.07) is 0. The smallest absolute Gasteiger partial charge is 0.179 e. The molecule has 3 heteroatoms. The van der Waals surface area contributed by atoms with E-state index in [-0.39, 0.29) is 0 Å². The third-order valence-electron chi connectivity index (χ3n) is 5.88. The van der Waals surface area contributed by atoms with Gasteiger partial charge in [0.05, 0.1) is 9.75 Å². The minimum absolute atomic E-state index is 0.607. The van der Waals surface area contributed by atoms with Crippen molar-refractivity contribution in [3.63, 3.8) is 0 Å². The Morgan fingerprint density at radius 1 is 0.700 bits per heavy atom. The van der Waals surface area contributed by atoms with E-state index in [9.17, 15) is 0 Å². The Morgan fingerprint density at radius 3 is 1.60 bits per heavy atom. The fraction of sp³-hybridized carbons (Fsp3) is 0.704. The number of hydrogen-bond donors (Lipinski definition) is 0. The van der Waals surface area contributed by atoms with Gasteiger partial charge in [-0.3, -0.25) is 0 Å². The van der Waals surface area contributed by atoms with Crippen LogP contribution in [0.5, 0.6) is 11.5 Å². The van der Waals surface area contributed by atoms with Crippen molar-refractivity contribution >= 4 is 23.5 Å². The van der Waals surface area contributed by atoms with Crippen molar-refractivity contribution in [1.29, 1.82) is 0 Å². The molecular weight excluding hydrogens is 388 g/mol. The van der Waals surface area contributed by atoms with Crippen LogP contribution in [0.15, 0.2) is 12.2 Å². The Balaban J connectivity index is 1.93. The molecule has 0 saturated heterocycles. The average molecular weight is 433 g/mol. The Hall–Kier alpha value is -1.22. The van der Waals surface area contributed by atoms with E-state index in [0.29, 0.717) is 25.0 Å². The largest absolute Gasteiger partial charge is 0.485 e. The molecular formula is C27H44O2S. The minimum Gasteiger partial charge on any atom is -0.485 e. The lowest BCUT2D eigenvalue weighted by Crippen LogP contribution is -2.15. The lowest BCUT2D eigenvalue weighted by atomic mass is 10.0. The third-order valence-corrected chi connectivity index (χ3v) is 6.96. The molecule has 0 N–H and O–H groups in total. The summed E-state index contributed by atoms with van der Waals surface area (Å²) in [7, 11) is 0. The third kappa shape index (κ3) is 8.88. The molecule has 0 bridgehead atoms. The van der Waals surface area contributed by atoms with Gasteiger partial charge in [0.15, 0.2) is 11.5 Å². The maximum atomic E-state index is 5.99. The van der Waals surface area contributed by atoms with E-state index in [2.05, 4.69) is 52.0 Å². The van der Waals surface area contributed by atoms with Gasteiger partial charge in [-0.25, -0.2) is 0 Å². The number of rotatable bonds is 15. The van der Waals surface area contributed by atoms with Gasteiger partial charge < -0.3 is 9.47 Å². The van der Waals surface area contributed by atoms with E-state index < -0.39 is 0 Å². The van der Waals surface area contributed by atoms with E-state index in [4.69, 9.17) is 9.47 Å². The molecule has 1 aromatic rings. The highest BCUT2D eigenvalue weighted by molar-refractivity contribution is 7.14. The standard InChI is InChI=1S/C27H44O2S/c1-5-7-9-11-13-15-23(4)17-19-25-27-26(28-20-21-29-27)24(30-25)18-16-22(3)14-12-10-8-6-2/h16-19,22-23H,5-15,20-21H2,1-4H3/b18-16+,19-17+. The van der Waals surface area contributed by atoms with Gasteiger partial charge in [-0.2, -0.15) is 0 Å². The SMILES string of the molecule is CCCCCCCC(C)/C=C/c1sc(/C=C/C(C)CCCCCC)c2c1OCCO2. The Morgan fingerprint density at radius 2 is 1.13 bits per heavy atom. The fourth-order valence-corrected chi connectivity index (χ4v) is 4.89. The van der Waals surface area contributed by atoms with E-state index in [1.165, 1.54) is 80.4 Å². The summed E-state index contributed by atoms with van der Waals surface area (Å²) in [6.07, 6.45) is 23.9. The van der Waals surface area contributed by atoms with Crippen molar-refractivity contribution in [2.24, 2.45) is 11.8 Å².